The highest BCUT2D eigenvalue weighted by Gasteiger charge is 2.40. The Morgan fingerprint density at radius 1 is 1.36 bits per heavy atom. The van der Waals surface area contributed by atoms with Crippen molar-refractivity contribution < 1.29 is 23.8 Å². The van der Waals surface area contributed by atoms with E-state index in [1.807, 2.05) is 13.0 Å². The fourth-order valence-electron chi connectivity index (χ4n) is 3.23. The molecule has 0 spiro atoms. The lowest BCUT2D eigenvalue weighted by Crippen LogP contribution is -2.37. The van der Waals surface area contributed by atoms with Gasteiger partial charge in [-0.2, -0.15) is 0 Å². The van der Waals surface area contributed by atoms with Gasteiger partial charge in [-0.15, -0.1) is 0 Å². The highest BCUT2D eigenvalue weighted by Crippen LogP contribution is 2.40. The topological polar surface area (TPSA) is 58.8 Å². The highest BCUT2D eigenvalue weighted by atomic mass is 19.1. The van der Waals surface area contributed by atoms with Crippen LogP contribution in [0.2, 0.25) is 0 Å². The van der Waals surface area contributed by atoms with Crippen molar-refractivity contribution in [1.29, 1.82) is 0 Å². The molecule has 3 rings (SSSR count). The number of amides is 1. The predicted molar refractivity (Wildman–Crippen MR) is 90.1 cm³/mol. The lowest BCUT2D eigenvalue weighted by molar-refractivity contribution is -0.168. The first-order valence-corrected chi connectivity index (χ1v) is 8.79. The molecule has 25 heavy (non-hydrogen) atoms. The Balaban J connectivity index is 1.93. The van der Waals surface area contributed by atoms with Crippen LogP contribution >= 0.6 is 0 Å². The summed E-state index contributed by atoms with van der Waals surface area (Å²) >= 11 is 0. The van der Waals surface area contributed by atoms with E-state index >= 15 is 0 Å². The van der Waals surface area contributed by atoms with Gasteiger partial charge >= 0.3 is 0 Å². The third-order valence-electron chi connectivity index (χ3n) is 4.61. The summed E-state index contributed by atoms with van der Waals surface area (Å²) in [7, 11) is 0. The van der Waals surface area contributed by atoms with Crippen molar-refractivity contribution >= 4 is 5.91 Å². The first-order valence-electron chi connectivity index (χ1n) is 8.79. The number of hydrogen-bond acceptors (Lipinski definition) is 4. The van der Waals surface area contributed by atoms with Crippen LogP contribution in [-0.4, -0.2) is 48.5 Å². The highest BCUT2D eigenvalue weighted by molar-refractivity contribution is 5.93. The van der Waals surface area contributed by atoms with Gasteiger partial charge in [0.1, 0.15) is 5.82 Å². The molecular weight excluding hydrogens is 325 g/mol. The Kier molecular flexibility index (Phi) is 5.71. The molecule has 0 unspecified atom stereocenters. The lowest BCUT2D eigenvalue weighted by atomic mass is 9.80. The molecule has 1 amide bonds. The molecule has 1 fully saturated rings. The van der Waals surface area contributed by atoms with E-state index < -0.39 is 6.29 Å². The summed E-state index contributed by atoms with van der Waals surface area (Å²) in [6, 6.07) is 6.30. The maximum absolute atomic E-state index is 13.3. The maximum Gasteiger partial charge on any atom is 0.288 e. The molecule has 2 aliphatic rings. The SMILES string of the molecule is CCO[C@H]1OC(C(=O)N2CC2)=C[C@@H](c2ccc(F)cc2)[C@H]1CCCO. The van der Waals surface area contributed by atoms with E-state index in [-0.39, 0.29) is 30.2 Å². The molecule has 0 aliphatic carbocycles. The molecule has 5 nitrogen and oxygen atoms in total. The molecule has 1 aromatic rings. The van der Waals surface area contributed by atoms with Crippen molar-refractivity contribution in [2.24, 2.45) is 5.92 Å². The summed E-state index contributed by atoms with van der Waals surface area (Å²) < 4.78 is 24.9. The number of rotatable bonds is 7. The minimum absolute atomic E-state index is 0.0525. The van der Waals surface area contributed by atoms with Gasteiger partial charge in [-0.1, -0.05) is 12.1 Å². The van der Waals surface area contributed by atoms with E-state index in [4.69, 9.17) is 9.47 Å². The van der Waals surface area contributed by atoms with E-state index in [1.165, 1.54) is 12.1 Å². The van der Waals surface area contributed by atoms with E-state index in [9.17, 15) is 14.3 Å². The summed E-state index contributed by atoms with van der Waals surface area (Å²) in [5.74, 6) is -0.309. The van der Waals surface area contributed by atoms with Gasteiger partial charge in [-0.05, 0) is 43.5 Å². The summed E-state index contributed by atoms with van der Waals surface area (Å²) in [5, 5.41) is 9.22. The van der Waals surface area contributed by atoms with Crippen molar-refractivity contribution in [2.45, 2.75) is 32.0 Å². The molecule has 0 bridgehead atoms. The van der Waals surface area contributed by atoms with Crippen molar-refractivity contribution in [1.82, 2.24) is 4.90 Å². The third-order valence-corrected chi connectivity index (χ3v) is 4.61. The molecule has 0 aromatic heterocycles. The van der Waals surface area contributed by atoms with E-state index in [1.54, 1.807) is 17.0 Å². The van der Waals surface area contributed by atoms with Gasteiger partial charge in [0.15, 0.2) is 5.76 Å². The van der Waals surface area contributed by atoms with Crippen LogP contribution in [0.4, 0.5) is 4.39 Å². The number of carbonyl (C=O) groups is 1. The van der Waals surface area contributed by atoms with Gasteiger partial charge in [-0.25, -0.2) is 4.39 Å². The minimum atomic E-state index is -0.560. The third kappa shape index (κ3) is 4.19. The summed E-state index contributed by atoms with van der Waals surface area (Å²) in [4.78, 5) is 14.1. The maximum atomic E-state index is 13.3. The first-order chi connectivity index (χ1) is 12.1. The van der Waals surface area contributed by atoms with Gasteiger partial charge in [0.25, 0.3) is 5.91 Å². The molecule has 2 aliphatic heterocycles. The second-order valence-electron chi connectivity index (χ2n) is 6.37. The summed E-state index contributed by atoms with van der Waals surface area (Å²) in [6.07, 6.45) is 2.56. The average Bonchev–Trinajstić information content (AvgIpc) is 3.45. The van der Waals surface area contributed by atoms with Gasteiger partial charge in [0.2, 0.25) is 6.29 Å². The van der Waals surface area contributed by atoms with Crippen LogP contribution in [0.3, 0.4) is 0 Å². The van der Waals surface area contributed by atoms with Crippen LogP contribution in [0, 0.1) is 11.7 Å². The van der Waals surface area contributed by atoms with Gasteiger partial charge in [0.05, 0.1) is 0 Å². The number of allylic oxidation sites excluding steroid dienone is 1. The number of carbonyl (C=O) groups excluding carboxylic acids is 1. The Morgan fingerprint density at radius 2 is 2.08 bits per heavy atom. The molecule has 2 heterocycles. The number of aliphatic hydroxyl groups excluding tert-OH is 1. The predicted octanol–water partition coefficient (Wildman–Crippen LogP) is 2.42. The van der Waals surface area contributed by atoms with Crippen LogP contribution in [0.25, 0.3) is 0 Å². The normalized spacial score (nSPS) is 25.3. The lowest BCUT2D eigenvalue weighted by Gasteiger charge is -2.37. The van der Waals surface area contributed by atoms with Crippen LogP contribution < -0.4 is 0 Å². The van der Waals surface area contributed by atoms with Crippen molar-refractivity contribution in [3.05, 3.63) is 47.5 Å². The zero-order valence-corrected chi connectivity index (χ0v) is 14.4. The van der Waals surface area contributed by atoms with E-state index in [0.717, 1.165) is 18.7 Å². The Hall–Kier alpha value is -1.92. The number of nitrogens with zero attached hydrogens (tertiary/aromatic N) is 1. The second-order valence-corrected chi connectivity index (χ2v) is 6.37. The Morgan fingerprint density at radius 3 is 2.68 bits per heavy atom. The summed E-state index contributed by atoms with van der Waals surface area (Å²) in [6.45, 7) is 3.90. The zero-order chi connectivity index (χ0) is 17.8. The van der Waals surface area contributed by atoms with Crippen LogP contribution in [0.1, 0.15) is 31.2 Å². The number of halogens is 1. The fraction of sp³-hybridized carbons (Fsp3) is 0.526. The standard InChI is InChI=1S/C19H24FNO4/c1-2-24-19-15(4-3-11-22)16(13-5-7-14(20)8-6-13)12-17(25-19)18(23)21-9-10-21/h5-8,12,15-16,19,22H,2-4,9-11H2,1H3/t15-,16+,19+/m1/s1. The number of ether oxygens (including phenoxy) is 2. The van der Waals surface area contributed by atoms with Gasteiger partial charge in [0, 0.05) is 38.1 Å². The van der Waals surface area contributed by atoms with Crippen molar-refractivity contribution in [2.75, 3.05) is 26.3 Å². The minimum Gasteiger partial charge on any atom is -0.459 e. The summed E-state index contributed by atoms with van der Waals surface area (Å²) in [5.41, 5.74) is 0.911. The molecule has 0 saturated carbocycles. The van der Waals surface area contributed by atoms with Crippen LogP contribution in [-0.2, 0) is 14.3 Å². The van der Waals surface area contributed by atoms with Gasteiger partial charge in [-0.3, -0.25) is 4.79 Å². The monoisotopic (exact) mass is 349 g/mol. The fourth-order valence-corrected chi connectivity index (χ4v) is 3.23. The van der Waals surface area contributed by atoms with E-state index in [2.05, 4.69) is 0 Å². The average molecular weight is 349 g/mol. The van der Waals surface area contributed by atoms with Crippen molar-refractivity contribution in [3.63, 3.8) is 0 Å². The zero-order valence-electron chi connectivity index (χ0n) is 14.4. The number of benzene rings is 1. The molecule has 1 aromatic carbocycles. The smallest absolute Gasteiger partial charge is 0.288 e. The number of aliphatic hydroxyl groups is 1. The second kappa shape index (κ2) is 7.97. The van der Waals surface area contributed by atoms with Crippen LogP contribution in [0.5, 0.6) is 0 Å². The Bertz CT molecular complexity index is 627. The van der Waals surface area contributed by atoms with Crippen LogP contribution in [0.15, 0.2) is 36.1 Å². The Labute approximate surface area is 147 Å². The molecule has 1 N–H and O–H groups in total. The number of hydrogen-bond donors (Lipinski definition) is 1. The van der Waals surface area contributed by atoms with E-state index in [0.29, 0.717) is 25.2 Å². The molecule has 3 atom stereocenters. The molecular formula is C19H24FNO4. The largest absolute Gasteiger partial charge is 0.459 e. The quantitative estimate of drug-likeness (QED) is 0.768. The van der Waals surface area contributed by atoms with Gasteiger partial charge < -0.3 is 19.5 Å². The first kappa shape index (κ1) is 17.9. The molecule has 0 radical (unpaired) electrons. The molecule has 6 heteroatoms. The molecule has 136 valence electrons. The van der Waals surface area contributed by atoms with Crippen molar-refractivity contribution in [3.8, 4) is 0 Å². The molecule has 1 saturated heterocycles.